The van der Waals surface area contributed by atoms with E-state index >= 15 is 0 Å². The van der Waals surface area contributed by atoms with E-state index in [9.17, 15) is 14.0 Å². The Morgan fingerprint density at radius 2 is 1.97 bits per heavy atom. The number of nitrogens with one attached hydrogen (secondary N) is 3. The fourth-order valence-corrected chi connectivity index (χ4v) is 3.34. The van der Waals surface area contributed by atoms with Crippen molar-refractivity contribution in [3.8, 4) is 11.1 Å². The van der Waals surface area contributed by atoms with Gasteiger partial charge in [0, 0.05) is 40.7 Å². The first-order valence-electron chi connectivity index (χ1n) is 10.0. The molecule has 0 atom stereocenters. The highest BCUT2D eigenvalue weighted by molar-refractivity contribution is 6.30. The highest BCUT2D eigenvalue weighted by Crippen LogP contribution is 2.30. The summed E-state index contributed by atoms with van der Waals surface area (Å²) in [5.41, 5.74) is 1.82. The van der Waals surface area contributed by atoms with Crippen molar-refractivity contribution in [3.63, 3.8) is 0 Å². The second-order valence-corrected chi connectivity index (χ2v) is 7.91. The van der Waals surface area contributed by atoms with Crippen molar-refractivity contribution in [1.29, 1.82) is 0 Å². The second kappa shape index (κ2) is 9.75. The third-order valence-electron chi connectivity index (χ3n) is 4.65. The summed E-state index contributed by atoms with van der Waals surface area (Å²) in [5.74, 6) is -0.236. The smallest absolute Gasteiger partial charge is 0.256 e. The SMILES string of the molecule is CCCC(=O)Nc1cc(Nc2cc(-c3cc(Cl)ccc3F)c(=O)[nH]c2C(C)C)ccn1. The Bertz CT molecular complexity index is 1160. The third-order valence-corrected chi connectivity index (χ3v) is 4.89. The Labute approximate surface area is 184 Å². The molecule has 0 radical (unpaired) electrons. The quantitative estimate of drug-likeness (QED) is 0.429. The first-order chi connectivity index (χ1) is 14.8. The van der Waals surface area contributed by atoms with Crippen LogP contribution in [0.1, 0.15) is 45.2 Å². The lowest BCUT2D eigenvalue weighted by Gasteiger charge is -2.17. The maximum atomic E-state index is 14.4. The van der Waals surface area contributed by atoms with Gasteiger partial charge >= 0.3 is 0 Å². The van der Waals surface area contributed by atoms with Crippen LogP contribution in [-0.4, -0.2) is 15.9 Å². The Balaban J connectivity index is 2.01. The third kappa shape index (κ3) is 5.49. The molecule has 3 rings (SSSR count). The molecule has 0 aliphatic heterocycles. The molecule has 0 aliphatic carbocycles. The molecule has 0 spiro atoms. The van der Waals surface area contributed by atoms with Crippen LogP contribution in [0.4, 0.5) is 21.6 Å². The van der Waals surface area contributed by atoms with Gasteiger partial charge in [0.05, 0.1) is 11.3 Å². The summed E-state index contributed by atoms with van der Waals surface area (Å²) < 4.78 is 14.4. The van der Waals surface area contributed by atoms with Crippen molar-refractivity contribution in [2.24, 2.45) is 0 Å². The molecular formula is C23H24ClFN4O2. The maximum absolute atomic E-state index is 14.4. The number of hydrogen-bond acceptors (Lipinski definition) is 4. The average Bonchev–Trinajstić information content (AvgIpc) is 2.71. The highest BCUT2D eigenvalue weighted by Gasteiger charge is 2.16. The zero-order valence-electron chi connectivity index (χ0n) is 17.6. The fraction of sp³-hybridized carbons (Fsp3) is 0.261. The van der Waals surface area contributed by atoms with Crippen molar-refractivity contribution >= 4 is 34.7 Å². The van der Waals surface area contributed by atoms with Gasteiger partial charge in [0.2, 0.25) is 5.91 Å². The van der Waals surface area contributed by atoms with E-state index in [0.29, 0.717) is 34.3 Å². The number of rotatable bonds is 7. The summed E-state index contributed by atoms with van der Waals surface area (Å²) in [6.45, 7) is 5.81. The topological polar surface area (TPSA) is 86.9 Å². The van der Waals surface area contributed by atoms with Crippen LogP contribution in [0.25, 0.3) is 11.1 Å². The summed E-state index contributed by atoms with van der Waals surface area (Å²) in [7, 11) is 0. The van der Waals surface area contributed by atoms with Crippen LogP contribution in [-0.2, 0) is 4.79 Å². The molecule has 0 saturated carbocycles. The normalized spacial score (nSPS) is 10.9. The van der Waals surface area contributed by atoms with E-state index in [1.807, 2.05) is 20.8 Å². The lowest BCUT2D eigenvalue weighted by molar-refractivity contribution is -0.116. The Morgan fingerprint density at radius 1 is 1.19 bits per heavy atom. The van der Waals surface area contributed by atoms with Gasteiger partial charge in [-0.15, -0.1) is 0 Å². The monoisotopic (exact) mass is 442 g/mol. The highest BCUT2D eigenvalue weighted by atomic mass is 35.5. The number of H-pyrrole nitrogens is 1. The van der Waals surface area contributed by atoms with Crippen molar-refractivity contribution in [2.75, 3.05) is 10.6 Å². The molecule has 0 aliphatic rings. The molecule has 31 heavy (non-hydrogen) atoms. The van der Waals surface area contributed by atoms with Crippen LogP contribution in [0.5, 0.6) is 0 Å². The van der Waals surface area contributed by atoms with Crippen LogP contribution in [0, 0.1) is 5.82 Å². The molecule has 1 aromatic carbocycles. The molecule has 6 nitrogen and oxygen atoms in total. The number of hydrogen-bond donors (Lipinski definition) is 3. The van der Waals surface area contributed by atoms with Crippen LogP contribution in [0.2, 0.25) is 5.02 Å². The van der Waals surface area contributed by atoms with E-state index in [4.69, 9.17) is 11.6 Å². The number of amides is 1. The first-order valence-corrected chi connectivity index (χ1v) is 10.4. The van der Waals surface area contributed by atoms with Gasteiger partial charge in [0.25, 0.3) is 5.56 Å². The largest absolute Gasteiger partial charge is 0.354 e. The van der Waals surface area contributed by atoms with Gasteiger partial charge in [-0.2, -0.15) is 0 Å². The fourth-order valence-electron chi connectivity index (χ4n) is 3.17. The number of pyridine rings is 2. The van der Waals surface area contributed by atoms with Gasteiger partial charge in [-0.3, -0.25) is 9.59 Å². The van der Waals surface area contributed by atoms with Crippen molar-refractivity contribution in [2.45, 2.75) is 39.5 Å². The van der Waals surface area contributed by atoms with Crippen molar-refractivity contribution in [1.82, 2.24) is 9.97 Å². The summed E-state index contributed by atoms with van der Waals surface area (Å²) in [6, 6.07) is 9.13. The predicted octanol–water partition coefficient (Wildman–Crippen LogP) is 5.84. The molecule has 0 unspecified atom stereocenters. The van der Waals surface area contributed by atoms with E-state index in [1.165, 1.54) is 18.2 Å². The minimum absolute atomic E-state index is 0.000905. The Kier molecular flexibility index (Phi) is 7.07. The molecule has 162 valence electrons. The standard InChI is InChI=1S/C23H24ClFN4O2/c1-4-5-21(30)28-20-11-15(8-9-26-20)27-19-12-17(23(31)29-22(19)13(2)3)16-10-14(24)6-7-18(16)25/h6-13H,4-5H2,1-3H3,(H,29,31)(H2,26,27,28,30). The minimum atomic E-state index is -0.539. The number of aromatic nitrogens is 2. The van der Waals surface area contributed by atoms with Crippen molar-refractivity contribution < 1.29 is 9.18 Å². The first kappa shape index (κ1) is 22.5. The molecule has 0 fully saturated rings. The van der Waals surface area contributed by atoms with Gasteiger partial charge in [-0.05, 0) is 42.7 Å². The van der Waals surface area contributed by atoms with E-state index in [1.54, 1.807) is 24.4 Å². The molecule has 0 bridgehead atoms. The van der Waals surface area contributed by atoms with Crippen molar-refractivity contribution in [3.05, 3.63) is 69.5 Å². The molecule has 2 heterocycles. The van der Waals surface area contributed by atoms with Gasteiger partial charge in [-0.1, -0.05) is 32.4 Å². The molecular weight excluding hydrogens is 419 g/mol. The van der Waals surface area contributed by atoms with E-state index in [-0.39, 0.29) is 23.0 Å². The molecule has 0 saturated heterocycles. The van der Waals surface area contributed by atoms with E-state index < -0.39 is 11.4 Å². The average molecular weight is 443 g/mol. The van der Waals surface area contributed by atoms with E-state index in [0.717, 1.165) is 6.42 Å². The summed E-state index contributed by atoms with van der Waals surface area (Å²) in [6.07, 6.45) is 2.72. The number of nitrogens with zero attached hydrogens (tertiary/aromatic N) is 1. The number of anilines is 3. The minimum Gasteiger partial charge on any atom is -0.354 e. The number of benzene rings is 1. The van der Waals surface area contributed by atoms with E-state index in [2.05, 4.69) is 20.6 Å². The van der Waals surface area contributed by atoms with Crippen LogP contribution in [0.15, 0.2) is 47.4 Å². The van der Waals surface area contributed by atoms with Crippen LogP contribution in [0.3, 0.4) is 0 Å². The number of halogens is 2. The van der Waals surface area contributed by atoms with Gasteiger partial charge in [0.1, 0.15) is 11.6 Å². The molecule has 3 N–H and O–H groups in total. The maximum Gasteiger partial charge on any atom is 0.256 e. The zero-order valence-corrected chi connectivity index (χ0v) is 18.3. The summed E-state index contributed by atoms with van der Waals surface area (Å²) >= 11 is 6.02. The second-order valence-electron chi connectivity index (χ2n) is 7.47. The van der Waals surface area contributed by atoms with Crippen LogP contribution >= 0.6 is 11.6 Å². The lowest BCUT2D eigenvalue weighted by Crippen LogP contribution is -2.15. The molecule has 2 aromatic heterocycles. The lowest BCUT2D eigenvalue weighted by atomic mass is 10.0. The van der Waals surface area contributed by atoms with Gasteiger partial charge < -0.3 is 15.6 Å². The molecule has 3 aromatic rings. The number of carbonyl (C=O) groups is 1. The summed E-state index contributed by atoms with van der Waals surface area (Å²) in [5, 5.41) is 6.34. The molecule has 8 heteroatoms. The number of aromatic amines is 1. The number of carbonyl (C=O) groups excluding carboxylic acids is 1. The van der Waals surface area contributed by atoms with Crippen LogP contribution < -0.4 is 16.2 Å². The predicted molar refractivity (Wildman–Crippen MR) is 123 cm³/mol. The Hall–Kier alpha value is -3.19. The zero-order chi connectivity index (χ0) is 22.5. The van der Waals surface area contributed by atoms with Gasteiger partial charge in [0.15, 0.2) is 0 Å². The van der Waals surface area contributed by atoms with Gasteiger partial charge in [-0.25, -0.2) is 9.37 Å². The molecule has 1 amide bonds. The summed E-state index contributed by atoms with van der Waals surface area (Å²) in [4.78, 5) is 31.6. The Morgan fingerprint density at radius 3 is 2.68 bits per heavy atom.